The molecule has 0 aliphatic rings. The number of hydrogen-bond donors (Lipinski definition) is 1. The summed E-state index contributed by atoms with van der Waals surface area (Å²) in [5, 5.41) is 12.5. The molecule has 0 saturated heterocycles. The largest absolute Gasteiger partial charge is 0.303 e. The van der Waals surface area contributed by atoms with Gasteiger partial charge in [-0.3, -0.25) is 5.32 Å². The van der Waals surface area contributed by atoms with Gasteiger partial charge in [0.25, 0.3) is 0 Å². The van der Waals surface area contributed by atoms with Gasteiger partial charge in [0.2, 0.25) is 0 Å². The molecule has 0 amide bonds. The van der Waals surface area contributed by atoms with Crippen molar-refractivity contribution in [3.63, 3.8) is 0 Å². The number of nitrogens with one attached hydrogen (secondary N) is 1. The highest BCUT2D eigenvalue weighted by Gasteiger charge is 2.24. The lowest BCUT2D eigenvalue weighted by Crippen LogP contribution is -2.41. The lowest BCUT2D eigenvalue weighted by molar-refractivity contribution is 0.138. The van der Waals surface area contributed by atoms with Crippen molar-refractivity contribution in [2.45, 2.75) is 72.4 Å². The molecule has 112 valence electrons. The molecule has 1 N–H and O–H groups in total. The van der Waals surface area contributed by atoms with E-state index in [9.17, 15) is 5.26 Å². The molecule has 0 aliphatic carbocycles. The van der Waals surface area contributed by atoms with Crippen LogP contribution in [0.5, 0.6) is 0 Å². The number of rotatable bonds is 8. The van der Waals surface area contributed by atoms with Crippen molar-refractivity contribution in [1.82, 2.24) is 10.2 Å². The summed E-state index contributed by atoms with van der Waals surface area (Å²) in [7, 11) is 2.20. The molecule has 0 heterocycles. The van der Waals surface area contributed by atoms with Gasteiger partial charge in [0.1, 0.15) is 5.54 Å². The molecule has 0 bridgehead atoms. The first-order chi connectivity index (χ1) is 8.66. The molecule has 3 heteroatoms. The van der Waals surface area contributed by atoms with E-state index in [1.54, 1.807) is 0 Å². The van der Waals surface area contributed by atoms with Gasteiger partial charge in [0.05, 0.1) is 6.07 Å². The molecule has 2 atom stereocenters. The van der Waals surface area contributed by atoms with Gasteiger partial charge in [0.15, 0.2) is 0 Å². The summed E-state index contributed by atoms with van der Waals surface area (Å²) in [5.41, 5.74) is -0.0390. The third kappa shape index (κ3) is 6.94. The third-order valence-corrected chi connectivity index (χ3v) is 4.17. The Morgan fingerprint density at radius 3 is 2.21 bits per heavy atom. The Hall–Kier alpha value is -0.590. The highest BCUT2D eigenvalue weighted by molar-refractivity contribution is 5.03. The van der Waals surface area contributed by atoms with Crippen LogP contribution < -0.4 is 5.32 Å². The third-order valence-electron chi connectivity index (χ3n) is 4.17. The van der Waals surface area contributed by atoms with E-state index in [4.69, 9.17) is 0 Å². The van der Waals surface area contributed by atoms with E-state index in [1.165, 1.54) is 0 Å². The van der Waals surface area contributed by atoms with Gasteiger partial charge in [-0.15, -0.1) is 0 Å². The van der Waals surface area contributed by atoms with Gasteiger partial charge in [-0.1, -0.05) is 27.7 Å². The van der Waals surface area contributed by atoms with Gasteiger partial charge >= 0.3 is 0 Å². The van der Waals surface area contributed by atoms with Crippen LogP contribution in [0.15, 0.2) is 0 Å². The van der Waals surface area contributed by atoms with Crippen molar-refractivity contribution >= 4 is 0 Å². The van der Waals surface area contributed by atoms with Crippen LogP contribution in [0.25, 0.3) is 0 Å². The molecule has 2 unspecified atom stereocenters. The van der Waals surface area contributed by atoms with E-state index in [1.807, 2.05) is 13.8 Å². The maximum atomic E-state index is 9.20. The van der Waals surface area contributed by atoms with Gasteiger partial charge in [0, 0.05) is 6.04 Å². The first-order valence-corrected chi connectivity index (χ1v) is 7.53. The fourth-order valence-corrected chi connectivity index (χ4v) is 2.27. The fourth-order valence-electron chi connectivity index (χ4n) is 2.27. The summed E-state index contributed by atoms with van der Waals surface area (Å²) in [6, 6.07) is 2.96. The zero-order valence-electron chi connectivity index (χ0n) is 14.0. The standard InChI is InChI=1S/C16H33N3/c1-8-18-16(6,13-17)11-9-10-12-19(7)14(2)15(3,4)5/h14,18H,8-12H2,1-7H3. The Labute approximate surface area is 120 Å². The maximum Gasteiger partial charge on any atom is 0.103 e. The zero-order chi connectivity index (χ0) is 15.1. The quantitative estimate of drug-likeness (QED) is 0.685. The van der Waals surface area contributed by atoms with Crippen LogP contribution in [0.1, 0.15) is 60.8 Å². The minimum absolute atomic E-state index is 0.319. The highest BCUT2D eigenvalue weighted by Crippen LogP contribution is 2.23. The molecule has 0 radical (unpaired) electrons. The molecule has 3 nitrogen and oxygen atoms in total. The molecule has 0 aromatic rings. The lowest BCUT2D eigenvalue weighted by Gasteiger charge is -2.35. The molecule has 0 aromatic heterocycles. The topological polar surface area (TPSA) is 39.1 Å². The van der Waals surface area contributed by atoms with Crippen LogP contribution in [0.2, 0.25) is 0 Å². The summed E-state index contributed by atoms with van der Waals surface area (Å²) in [4.78, 5) is 2.43. The average Bonchev–Trinajstić information content (AvgIpc) is 2.32. The Balaban J connectivity index is 4.02. The van der Waals surface area contributed by atoms with Crippen LogP contribution in [0.3, 0.4) is 0 Å². The zero-order valence-corrected chi connectivity index (χ0v) is 14.0. The number of nitriles is 1. The number of hydrogen-bond acceptors (Lipinski definition) is 3. The Kier molecular flexibility index (Phi) is 7.62. The summed E-state index contributed by atoms with van der Waals surface area (Å²) in [6.45, 7) is 15.1. The minimum atomic E-state index is -0.358. The van der Waals surface area contributed by atoms with E-state index < -0.39 is 0 Å². The van der Waals surface area contributed by atoms with E-state index >= 15 is 0 Å². The molecule has 0 saturated carbocycles. The van der Waals surface area contributed by atoms with Gasteiger partial charge in [-0.05, 0) is 58.7 Å². The van der Waals surface area contributed by atoms with Crippen LogP contribution in [-0.2, 0) is 0 Å². The first kappa shape index (κ1) is 18.4. The monoisotopic (exact) mass is 267 g/mol. The molecule has 0 fully saturated rings. The van der Waals surface area contributed by atoms with Gasteiger partial charge in [-0.25, -0.2) is 0 Å². The number of nitrogens with zero attached hydrogens (tertiary/aromatic N) is 2. The maximum absolute atomic E-state index is 9.20. The first-order valence-electron chi connectivity index (χ1n) is 7.53. The Bertz CT molecular complexity index is 287. The molecule has 0 aliphatic heterocycles. The van der Waals surface area contributed by atoms with Crippen LogP contribution in [-0.4, -0.2) is 36.6 Å². The second-order valence-electron chi connectivity index (χ2n) is 6.95. The van der Waals surface area contributed by atoms with Crippen molar-refractivity contribution in [3.8, 4) is 6.07 Å². The summed E-state index contributed by atoms with van der Waals surface area (Å²) < 4.78 is 0. The van der Waals surface area contributed by atoms with E-state index in [0.717, 1.165) is 32.4 Å². The SMILES string of the molecule is CCNC(C)(C#N)CCCCN(C)C(C)C(C)(C)C. The molecule has 0 spiro atoms. The van der Waals surface area contributed by atoms with E-state index in [2.05, 4.69) is 51.0 Å². The van der Waals surface area contributed by atoms with Crippen LogP contribution >= 0.6 is 0 Å². The van der Waals surface area contributed by atoms with Crippen LogP contribution in [0.4, 0.5) is 0 Å². The predicted molar refractivity (Wildman–Crippen MR) is 83.1 cm³/mol. The molecule has 19 heavy (non-hydrogen) atoms. The van der Waals surface area contributed by atoms with Crippen LogP contribution in [0, 0.1) is 16.7 Å². The van der Waals surface area contributed by atoms with E-state index in [-0.39, 0.29) is 5.54 Å². The normalized spacial score (nSPS) is 17.0. The Morgan fingerprint density at radius 2 is 1.79 bits per heavy atom. The van der Waals surface area contributed by atoms with Crippen molar-refractivity contribution in [2.75, 3.05) is 20.1 Å². The molecular weight excluding hydrogens is 234 g/mol. The molecule has 0 rings (SSSR count). The van der Waals surface area contributed by atoms with Gasteiger partial charge in [-0.2, -0.15) is 5.26 Å². The fraction of sp³-hybridized carbons (Fsp3) is 0.938. The summed E-state index contributed by atoms with van der Waals surface area (Å²) >= 11 is 0. The smallest absolute Gasteiger partial charge is 0.103 e. The predicted octanol–water partition coefficient (Wildman–Crippen LogP) is 3.41. The Morgan fingerprint density at radius 1 is 1.21 bits per heavy atom. The van der Waals surface area contributed by atoms with Crippen molar-refractivity contribution in [1.29, 1.82) is 5.26 Å². The van der Waals surface area contributed by atoms with Gasteiger partial charge < -0.3 is 4.90 Å². The summed E-state index contributed by atoms with van der Waals surface area (Å²) in [6.07, 6.45) is 3.17. The highest BCUT2D eigenvalue weighted by atomic mass is 15.1. The minimum Gasteiger partial charge on any atom is -0.303 e. The summed E-state index contributed by atoms with van der Waals surface area (Å²) in [5.74, 6) is 0. The van der Waals surface area contributed by atoms with Crippen molar-refractivity contribution in [3.05, 3.63) is 0 Å². The lowest BCUT2D eigenvalue weighted by atomic mass is 9.87. The molecule has 0 aromatic carbocycles. The second-order valence-corrected chi connectivity index (χ2v) is 6.95. The van der Waals surface area contributed by atoms with Crippen molar-refractivity contribution < 1.29 is 0 Å². The van der Waals surface area contributed by atoms with E-state index in [0.29, 0.717) is 11.5 Å². The number of unbranched alkanes of at least 4 members (excludes halogenated alkanes) is 1. The average molecular weight is 267 g/mol. The molecular formula is C16H33N3. The van der Waals surface area contributed by atoms with Crippen molar-refractivity contribution in [2.24, 2.45) is 5.41 Å². The second kappa shape index (κ2) is 7.87.